The fraction of sp³-hybridized carbons (Fsp3) is 0.214. The lowest BCUT2D eigenvalue weighted by Gasteiger charge is -2.11. The van der Waals surface area contributed by atoms with E-state index >= 15 is 0 Å². The molecule has 0 radical (unpaired) electrons. The molecule has 0 saturated heterocycles. The molecule has 10 nitrogen and oxygen atoms in total. The molecule has 1 aromatic heterocycles. The van der Waals surface area contributed by atoms with E-state index < -0.39 is 32.6 Å². The Kier molecular flexibility index (Phi) is 6.07. The van der Waals surface area contributed by atoms with Gasteiger partial charge >= 0.3 is 17.9 Å². The zero-order chi connectivity index (χ0) is 19.5. The summed E-state index contributed by atoms with van der Waals surface area (Å²) in [6.07, 6.45) is 0. The van der Waals surface area contributed by atoms with Crippen LogP contribution in [0.3, 0.4) is 0 Å². The third-order valence-corrected chi connectivity index (χ3v) is 5.02. The first-order valence-electron chi connectivity index (χ1n) is 6.89. The largest absolute Gasteiger partial charge is 0.467 e. The summed E-state index contributed by atoms with van der Waals surface area (Å²) in [6.45, 7) is 1.49. The molecule has 2 aromatic rings. The van der Waals surface area contributed by atoms with Crippen LogP contribution >= 0.6 is 22.6 Å². The third-order valence-electron chi connectivity index (χ3n) is 2.98. The molecular formula is C14H13IN4O6S. The van der Waals surface area contributed by atoms with Gasteiger partial charge in [0, 0.05) is 3.57 Å². The predicted molar refractivity (Wildman–Crippen MR) is 96.3 cm³/mol. The monoisotopic (exact) mass is 492 g/mol. The minimum absolute atomic E-state index is 0.135. The van der Waals surface area contributed by atoms with Crippen LogP contribution in [0, 0.1) is 10.5 Å². The Bertz CT molecular complexity index is 979. The van der Waals surface area contributed by atoms with Gasteiger partial charge in [-0.3, -0.25) is 4.79 Å². The quantitative estimate of drug-likeness (QED) is 0.472. The van der Waals surface area contributed by atoms with Crippen LogP contribution in [0.1, 0.15) is 26.8 Å². The van der Waals surface area contributed by atoms with E-state index in [0.29, 0.717) is 3.57 Å². The lowest BCUT2D eigenvalue weighted by molar-refractivity contribution is 0.0596. The molecule has 0 unspecified atom stereocenters. The smallest absolute Gasteiger partial charge is 0.339 e. The summed E-state index contributed by atoms with van der Waals surface area (Å²) in [6, 6.07) is 3.93. The van der Waals surface area contributed by atoms with E-state index in [0.717, 1.165) is 7.11 Å². The topological polar surface area (TPSA) is 137 Å². The van der Waals surface area contributed by atoms with Gasteiger partial charge in [0.2, 0.25) is 5.82 Å². The first-order chi connectivity index (χ1) is 12.2. The second-order valence-electron chi connectivity index (χ2n) is 4.76. The summed E-state index contributed by atoms with van der Waals surface area (Å²) in [4.78, 5) is 35.0. The number of methoxy groups -OCH3 is 2. The first kappa shape index (κ1) is 20.0. The number of hydrogen-bond donors (Lipinski definition) is 1. The Hall–Kier alpha value is -2.35. The standard InChI is InChI=1S/C14H13IN4O6S/c1-7-16-11(18-14(17-7)25-3)12(20)19-26(22,23)10-6-8(15)4-5-9(10)13(21)24-2/h4-6H,1-3H3,(H,19,20). The van der Waals surface area contributed by atoms with E-state index in [1.807, 2.05) is 27.3 Å². The van der Waals surface area contributed by atoms with Gasteiger partial charge in [0.1, 0.15) is 10.7 Å². The van der Waals surface area contributed by atoms with Gasteiger partial charge in [0.15, 0.2) is 0 Å². The summed E-state index contributed by atoms with van der Waals surface area (Å²) in [7, 11) is -1.98. The maximum atomic E-state index is 12.6. The van der Waals surface area contributed by atoms with E-state index in [9.17, 15) is 18.0 Å². The van der Waals surface area contributed by atoms with Crippen LogP contribution in [0.25, 0.3) is 0 Å². The molecule has 0 aliphatic rings. The second-order valence-corrected chi connectivity index (χ2v) is 7.66. The van der Waals surface area contributed by atoms with Crippen molar-refractivity contribution in [3.05, 3.63) is 39.0 Å². The third kappa shape index (κ3) is 4.43. The number of esters is 1. The maximum Gasteiger partial charge on any atom is 0.339 e. The predicted octanol–water partition coefficient (Wildman–Crippen LogP) is 0.699. The average Bonchev–Trinajstić information content (AvgIpc) is 2.60. The Morgan fingerprint density at radius 1 is 1.15 bits per heavy atom. The zero-order valence-electron chi connectivity index (χ0n) is 13.8. The highest BCUT2D eigenvalue weighted by Crippen LogP contribution is 2.20. The van der Waals surface area contributed by atoms with Crippen molar-refractivity contribution in [3.8, 4) is 6.01 Å². The molecule has 138 valence electrons. The van der Waals surface area contributed by atoms with Gasteiger partial charge in [-0.15, -0.1) is 0 Å². The molecule has 1 N–H and O–H groups in total. The van der Waals surface area contributed by atoms with Crippen LogP contribution in [-0.4, -0.2) is 49.5 Å². The number of aromatic nitrogens is 3. The van der Waals surface area contributed by atoms with Crippen molar-refractivity contribution < 1.29 is 27.5 Å². The average molecular weight is 492 g/mol. The van der Waals surface area contributed by atoms with Gasteiger partial charge in [-0.05, 0) is 47.7 Å². The molecule has 2 rings (SSSR count). The van der Waals surface area contributed by atoms with E-state index in [-0.39, 0.29) is 17.4 Å². The van der Waals surface area contributed by atoms with Gasteiger partial charge in [-0.2, -0.15) is 9.97 Å². The van der Waals surface area contributed by atoms with Crippen LogP contribution in [-0.2, 0) is 14.8 Å². The number of ether oxygens (including phenoxy) is 2. The number of aryl methyl sites for hydroxylation is 1. The fourth-order valence-corrected chi connectivity index (χ4v) is 3.74. The molecule has 26 heavy (non-hydrogen) atoms. The minimum Gasteiger partial charge on any atom is -0.467 e. The van der Waals surface area contributed by atoms with Gasteiger partial charge in [0.25, 0.3) is 10.0 Å². The zero-order valence-corrected chi connectivity index (χ0v) is 16.8. The highest BCUT2D eigenvalue weighted by molar-refractivity contribution is 14.1. The number of hydrogen-bond acceptors (Lipinski definition) is 9. The Labute approximate surface area is 162 Å². The van der Waals surface area contributed by atoms with Crippen LogP contribution in [0.2, 0.25) is 0 Å². The maximum absolute atomic E-state index is 12.6. The van der Waals surface area contributed by atoms with Crippen molar-refractivity contribution in [1.82, 2.24) is 19.7 Å². The fourth-order valence-electron chi connectivity index (χ4n) is 1.87. The number of benzene rings is 1. The summed E-state index contributed by atoms with van der Waals surface area (Å²) < 4.78 is 37.0. The van der Waals surface area contributed by atoms with Crippen LogP contribution in [0.4, 0.5) is 0 Å². The Balaban J connectivity index is 2.43. The highest BCUT2D eigenvalue weighted by Gasteiger charge is 2.27. The SMILES string of the molecule is COC(=O)c1ccc(I)cc1S(=O)(=O)NC(=O)c1nc(C)nc(OC)n1. The van der Waals surface area contributed by atoms with Gasteiger partial charge < -0.3 is 9.47 Å². The molecule has 0 aliphatic heterocycles. The molecule has 12 heteroatoms. The van der Waals surface area contributed by atoms with Crippen LogP contribution < -0.4 is 9.46 Å². The van der Waals surface area contributed by atoms with E-state index in [1.165, 1.54) is 32.2 Å². The molecule has 0 fully saturated rings. The lowest BCUT2D eigenvalue weighted by Crippen LogP contribution is -2.33. The number of halogens is 1. The number of rotatable bonds is 5. The van der Waals surface area contributed by atoms with Crippen LogP contribution in [0.15, 0.2) is 23.1 Å². The number of amides is 1. The highest BCUT2D eigenvalue weighted by atomic mass is 127. The first-order valence-corrected chi connectivity index (χ1v) is 9.46. The molecule has 1 amide bonds. The van der Waals surface area contributed by atoms with Gasteiger partial charge in [0.05, 0.1) is 19.8 Å². The van der Waals surface area contributed by atoms with E-state index in [4.69, 9.17) is 4.74 Å². The number of nitrogens with zero attached hydrogens (tertiary/aromatic N) is 3. The van der Waals surface area contributed by atoms with Crippen molar-refractivity contribution in [2.75, 3.05) is 14.2 Å². The van der Waals surface area contributed by atoms with E-state index in [1.54, 1.807) is 0 Å². The van der Waals surface area contributed by atoms with Crippen molar-refractivity contribution in [2.45, 2.75) is 11.8 Å². The minimum atomic E-state index is -4.39. The number of sulfonamides is 1. The number of carbonyl (C=O) groups excluding carboxylic acids is 2. The molecule has 0 spiro atoms. The van der Waals surface area contributed by atoms with Crippen molar-refractivity contribution in [1.29, 1.82) is 0 Å². The molecule has 1 heterocycles. The normalized spacial score (nSPS) is 10.9. The van der Waals surface area contributed by atoms with Crippen molar-refractivity contribution in [2.24, 2.45) is 0 Å². The van der Waals surface area contributed by atoms with E-state index in [2.05, 4.69) is 19.7 Å². The second kappa shape index (κ2) is 7.90. The molecule has 0 aliphatic carbocycles. The molecule has 0 atom stereocenters. The number of nitrogens with one attached hydrogen (secondary N) is 1. The molecule has 1 aromatic carbocycles. The Morgan fingerprint density at radius 3 is 2.46 bits per heavy atom. The summed E-state index contributed by atoms with van der Waals surface area (Å²) in [5.74, 6) is -2.22. The van der Waals surface area contributed by atoms with Gasteiger partial charge in [-0.25, -0.2) is 22.9 Å². The summed E-state index contributed by atoms with van der Waals surface area (Å²) in [5, 5.41) is 0. The molecule has 0 saturated carbocycles. The van der Waals surface area contributed by atoms with Crippen molar-refractivity contribution >= 4 is 44.5 Å². The lowest BCUT2D eigenvalue weighted by atomic mass is 10.2. The summed E-state index contributed by atoms with van der Waals surface area (Å²) in [5.41, 5.74) is -0.211. The molecule has 0 bridgehead atoms. The summed E-state index contributed by atoms with van der Waals surface area (Å²) >= 11 is 1.88. The van der Waals surface area contributed by atoms with Crippen LogP contribution in [0.5, 0.6) is 6.01 Å². The number of carbonyl (C=O) groups is 2. The molecular weight excluding hydrogens is 479 g/mol. The Morgan fingerprint density at radius 2 is 1.85 bits per heavy atom. The van der Waals surface area contributed by atoms with Gasteiger partial charge in [-0.1, -0.05) is 0 Å². The van der Waals surface area contributed by atoms with Crippen molar-refractivity contribution in [3.63, 3.8) is 0 Å².